The Bertz CT molecular complexity index is 160. The van der Waals surface area contributed by atoms with Crippen LogP contribution in [0.5, 0.6) is 0 Å². The number of terminal acetylenes is 1. The Morgan fingerprint density at radius 3 is 2.64 bits per heavy atom. The van der Waals surface area contributed by atoms with Gasteiger partial charge in [0.1, 0.15) is 0 Å². The van der Waals surface area contributed by atoms with Gasteiger partial charge in [0, 0.05) is 18.2 Å². The molecule has 0 aliphatic carbocycles. The molecule has 0 aliphatic rings. The molecule has 2 heteroatoms. The van der Waals surface area contributed by atoms with E-state index in [0.29, 0.717) is 6.04 Å². The van der Waals surface area contributed by atoms with E-state index in [1.807, 2.05) is 11.8 Å². The molecule has 1 atom stereocenters. The van der Waals surface area contributed by atoms with Crippen LogP contribution in [0.15, 0.2) is 0 Å². The molecule has 0 aromatic carbocycles. The van der Waals surface area contributed by atoms with Gasteiger partial charge in [0.05, 0.1) is 0 Å². The highest BCUT2D eigenvalue weighted by Gasteiger charge is 2.07. The van der Waals surface area contributed by atoms with Gasteiger partial charge in [-0.15, -0.1) is 12.3 Å². The van der Waals surface area contributed by atoms with Crippen molar-refractivity contribution in [2.45, 2.75) is 51.3 Å². The van der Waals surface area contributed by atoms with Gasteiger partial charge in [0.2, 0.25) is 0 Å². The first kappa shape index (κ1) is 13.9. The van der Waals surface area contributed by atoms with Crippen molar-refractivity contribution in [3.8, 4) is 12.3 Å². The van der Waals surface area contributed by atoms with E-state index in [-0.39, 0.29) is 0 Å². The molecule has 0 aromatic rings. The highest BCUT2D eigenvalue weighted by molar-refractivity contribution is 7.99. The van der Waals surface area contributed by atoms with Gasteiger partial charge in [-0.1, -0.05) is 20.8 Å². The summed E-state index contributed by atoms with van der Waals surface area (Å²) in [6, 6.07) is 0.640. The van der Waals surface area contributed by atoms with Gasteiger partial charge in [-0.05, 0) is 24.6 Å². The van der Waals surface area contributed by atoms with Gasteiger partial charge in [-0.3, -0.25) is 0 Å². The number of unbranched alkanes of at least 4 members (excludes halogenated alkanes) is 1. The molecule has 1 unspecified atom stereocenters. The summed E-state index contributed by atoms with van der Waals surface area (Å²) in [6.45, 7) is 7.71. The Labute approximate surface area is 93.4 Å². The van der Waals surface area contributed by atoms with Crippen molar-refractivity contribution in [3.05, 3.63) is 0 Å². The lowest BCUT2D eigenvalue weighted by molar-refractivity contribution is 0.523. The summed E-state index contributed by atoms with van der Waals surface area (Å²) in [7, 11) is 0. The molecule has 1 N–H and O–H groups in total. The normalized spacial score (nSPS) is 12.8. The summed E-state index contributed by atoms with van der Waals surface area (Å²) >= 11 is 2.02. The number of rotatable bonds is 8. The minimum absolute atomic E-state index is 0.640. The van der Waals surface area contributed by atoms with Crippen LogP contribution in [-0.4, -0.2) is 23.6 Å². The molecule has 0 aromatic heterocycles. The zero-order valence-electron chi connectivity index (χ0n) is 9.68. The molecular weight excluding hydrogens is 190 g/mol. The van der Waals surface area contributed by atoms with E-state index in [1.54, 1.807) is 0 Å². The van der Waals surface area contributed by atoms with Crippen LogP contribution in [-0.2, 0) is 0 Å². The van der Waals surface area contributed by atoms with Crippen molar-refractivity contribution in [1.82, 2.24) is 5.32 Å². The molecule has 0 heterocycles. The lowest BCUT2D eigenvalue weighted by Gasteiger charge is -2.18. The molecule has 0 aliphatic heterocycles. The van der Waals surface area contributed by atoms with Gasteiger partial charge in [-0.25, -0.2) is 0 Å². The topological polar surface area (TPSA) is 12.0 Å². The van der Waals surface area contributed by atoms with Crippen LogP contribution < -0.4 is 5.32 Å². The van der Waals surface area contributed by atoms with Crippen LogP contribution in [0.3, 0.4) is 0 Å². The summed E-state index contributed by atoms with van der Waals surface area (Å²) in [6.07, 6.45) is 8.50. The minimum Gasteiger partial charge on any atom is -0.313 e. The molecule has 0 saturated carbocycles. The third-order valence-electron chi connectivity index (χ3n) is 2.00. The maximum absolute atomic E-state index is 5.24. The van der Waals surface area contributed by atoms with Crippen LogP contribution in [0.2, 0.25) is 0 Å². The molecule has 0 rings (SSSR count). The fourth-order valence-electron chi connectivity index (χ4n) is 1.29. The lowest BCUT2D eigenvalue weighted by atomic mass is 10.1. The molecule has 0 bridgehead atoms. The van der Waals surface area contributed by atoms with Gasteiger partial charge in [0.15, 0.2) is 0 Å². The summed E-state index contributed by atoms with van der Waals surface area (Å²) < 4.78 is 0. The minimum atomic E-state index is 0.640. The van der Waals surface area contributed by atoms with Crippen molar-refractivity contribution >= 4 is 11.8 Å². The number of hydrogen-bond donors (Lipinski definition) is 1. The van der Waals surface area contributed by atoms with E-state index < -0.39 is 0 Å². The molecule has 14 heavy (non-hydrogen) atoms. The molecule has 0 radical (unpaired) electrons. The average molecular weight is 213 g/mol. The van der Waals surface area contributed by atoms with Crippen molar-refractivity contribution in [2.24, 2.45) is 0 Å². The molecule has 0 amide bonds. The fourth-order valence-corrected chi connectivity index (χ4v) is 2.19. The summed E-state index contributed by atoms with van der Waals surface area (Å²) in [5.41, 5.74) is 0. The molecule has 0 spiro atoms. The number of hydrogen-bond acceptors (Lipinski definition) is 2. The summed E-state index contributed by atoms with van der Waals surface area (Å²) in [4.78, 5) is 0. The Morgan fingerprint density at radius 1 is 1.43 bits per heavy atom. The van der Waals surface area contributed by atoms with Gasteiger partial charge >= 0.3 is 0 Å². The van der Waals surface area contributed by atoms with Crippen molar-refractivity contribution in [3.63, 3.8) is 0 Å². The van der Waals surface area contributed by atoms with E-state index in [4.69, 9.17) is 6.42 Å². The second-order valence-corrected chi connectivity index (χ2v) is 5.34. The second kappa shape index (κ2) is 9.43. The van der Waals surface area contributed by atoms with Crippen molar-refractivity contribution in [2.75, 3.05) is 12.3 Å². The summed E-state index contributed by atoms with van der Waals surface area (Å²) in [5.74, 6) is 3.90. The predicted molar refractivity (Wildman–Crippen MR) is 67.7 cm³/mol. The lowest BCUT2D eigenvalue weighted by Crippen LogP contribution is -2.31. The molecular formula is C12H23NS. The van der Waals surface area contributed by atoms with Crippen LogP contribution >= 0.6 is 11.8 Å². The van der Waals surface area contributed by atoms with Gasteiger partial charge in [-0.2, -0.15) is 11.8 Å². The van der Waals surface area contributed by atoms with E-state index in [2.05, 4.69) is 32.0 Å². The first-order valence-corrected chi connectivity index (χ1v) is 6.54. The Morgan fingerprint density at radius 2 is 2.14 bits per heavy atom. The second-order valence-electron chi connectivity index (χ2n) is 3.73. The third-order valence-corrected chi connectivity index (χ3v) is 3.26. The van der Waals surface area contributed by atoms with E-state index in [0.717, 1.165) is 24.6 Å². The monoisotopic (exact) mass is 213 g/mol. The number of nitrogens with one attached hydrogen (secondary N) is 1. The SMILES string of the molecule is C#CCCCC(CSC(C)C)NCC. The maximum atomic E-state index is 5.24. The zero-order chi connectivity index (χ0) is 10.8. The molecule has 0 fully saturated rings. The smallest absolute Gasteiger partial charge is 0.0158 e. The standard InChI is InChI=1S/C12H23NS/c1-5-7-8-9-12(13-6-2)10-14-11(3)4/h1,11-13H,6-10H2,2-4H3. The van der Waals surface area contributed by atoms with Crippen molar-refractivity contribution in [1.29, 1.82) is 0 Å². The van der Waals surface area contributed by atoms with Crippen LogP contribution in [0, 0.1) is 12.3 Å². The van der Waals surface area contributed by atoms with Crippen molar-refractivity contribution < 1.29 is 0 Å². The highest BCUT2D eigenvalue weighted by Crippen LogP contribution is 2.13. The highest BCUT2D eigenvalue weighted by atomic mass is 32.2. The van der Waals surface area contributed by atoms with E-state index >= 15 is 0 Å². The average Bonchev–Trinajstić information content (AvgIpc) is 2.14. The summed E-state index contributed by atoms with van der Waals surface area (Å²) in [5, 5.41) is 4.23. The third kappa shape index (κ3) is 8.47. The van der Waals surface area contributed by atoms with Crippen LogP contribution in [0.4, 0.5) is 0 Å². The Balaban J connectivity index is 3.61. The molecule has 0 saturated heterocycles. The fraction of sp³-hybridized carbons (Fsp3) is 0.833. The Hall–Kier alpha value is -0.130. The van der Waals surface area contributed by atoms with Gasteiger partial charge < -0.3 is 5.32 Å². The first-order chi connectivity index (χ1) is 6.70. The zero-order valence-corrected chi connectivity index (χ0v) is 10.5. The van der Waals surface area contributed by atoms with Crippen LogP contribution in [0.1, 0.15) is 40.0 Å². The quantitative estimate of drug-likeness (QED) is 0.491. The Kier molecular flexibility index (Phi) is 9.34. The van der Waals surface area contributed by atoms with E-state index in [1.165, 1.54) is 12.2 Å². The van der Waals surface area contributed by atoms with E-state index in [9.17, 15) is 0 Å². The van der Waals surface area contributed by atoms with Gasteiger partial charge in [0.25, 0.3) is 0 Å². The first-order valence-electron chi connectivity index (χ1n) is 5.49. The number of thioether (sulfide) groups is 1. The predicted octanol–water partition coefficient (Wildman–Crippen LogP) is 2.91. The van der Waals surface area contributed by atoms with Crippen LogP contribution in [0.25, 0.3) is 0 Å². The largest absolute Gasteiger partial charge is 0.313 e. The molecule has 1 nitrogen and oxygen atoms in total. The maximum Gasteiger partial charge on any atom is 0.0158 e. The molecule has 82 valence electrons.